The maximum Gasteiger partial charge on any atom is 0.138 e. The van der Waals surface area contributed by atoms with Crippen LogP contribution in [0.4, 0.5) is 16.0 Å². The molecule has 0 saturated carbocycles. The molecule has 10 heteroatoms. The van der Waals surface area contributed by atoms with Gasteiger partial charge < -0.3 is 31.3 Å². The summed E-state index contributed by atoms with van der Waals surface area (Å²) in [6.07, 6.45) is 7.63. The van der Waals surface area contributed by atoms with Crippen molar-refractivity contribution in [1.82, 2.24) is 24.8 Å². The maximum atomic E-state index is 13.8. The minimum absolute atomic E-state index is 0.214. The summed E-state index contributed by atoms with van der Waals surface area (Å²) < 4.78 is 16.0. The van der Waals surface area contributed by atoms with Gasteiger partial charge in [0.05, 0.1) is 17.2 Å². The van der Waals surface area contributed by atoms with Crippen LogP contribution in [-0.2, 0) is 6.54 Å². The molecule has 0 radical (unpaired) electrons. The quantitative estimate of drug-likeness (QED) is 0.349. The van der Waals surface area contributed by atoms with Gasteiger partial charge in [0.1, 0.15) is 29.6 Å². The first kappa shape index (κ1) is 24.5. The lowest BCUT2D eigenvalue weighted by Crippen LogP contribution is -2.35. The van der Waals surface area contributed by atoms with Gasteiger partial charge in [0, 0.05) is 56.3 Å². The van der Waals surface area contributed by atoms with E-state index in [9.17, 15) is 4.39 Å². The van der Waals surface area contributed by atoms with E-state index in [-0.39, 0.29) is 11.7 Å². The average Bonchev–Trinajstić information content (AvgIpc) is 3.30. The second-order valence-corrected chi connectivity index (χ2v) is 8.86. The van der Waals surface area contributed by atoms with Crippen LogP contribution in [0.25, 0.3) is 11.3 Å². The third-order valence-corrected chi connectivity index (χ3v) is 6.61. The summed E-state index contributed by atoms with van der Waals surface area (Å²) in [6.45, 7) is 4.89. The van der Waals surface area contributed by atoms with Crippen LogP contribution in [0.15, 0.2) is 30.7 Å². The van der Waals surface area contributed by atoms with Gasteiger partial charge in [0.25, 0.3) is 0 Å². The molecule has 1 aromatic carbocycles. The van der Waals surface area contributed by atoms with Crippen LogP contribution in [-0.4, -0.2) is 58.6 Å². The lowest BCUT2D eigenvalue weighted by atomic mass is 9.94. The van der Waals surface area contributed by atoms with Crippen LogP contribution < -0.4 is 16.0 Å². The second-order valence-electron chi connectivity index (χ2n) is 8.86. The van der Waals surface area contributed by atoms with Crippen molar-refractivity contribution < 1.29 is 4.39 Å². The molecule has 184 valence electrons. The van der Waals surface area contributed by atoms with Crippen molar-refractivity contribution in [3.8, 4) is 11.3 Å². The zero-order chi connectivity index (χ0) is 24.9. The minimum atomic E-state index is -0.550. The van der Waals surface area contributed by atoms with E-state index >= 15 is 0 Å². The van der Waals surface area contributed by atoms with Gasteiger partial charge in [-0.25, -0.2) is 19.3 Å². The van der Waals surface area contributed by atoms with Crippen molar-refractivity contribution >= 4 is 24.1 Å². The van der Waals surface area contributed by atoms with E-state index in [0.717, 1.165) is 56.1 Å². The zero-order valence-corrected chi connectivity index (χ0v) is 20.1. The molecule has 3 aromatic rings. The maximum absolute atomic E-state index is 13.8. The Balaban J connectivity index is 1.58. The zero-order valence-electron chi connectivity index (χ0n) is 20.1. The fraction of sp³-hybridized carbons (Fsp3) is 0.400. The molecule has 0 amide bonds. The SMILES string of the molecule is CNCCn1cc(-c2ccc(F)c(C)c2)nc1C1CCN(c2ncnc(N)c2C(C=N)C=N)CC1. The van der Waals surface area contributed by atoms with Crippen LogP contribution >= 0.6 is 0 Å². The van der Waals surface area contributed by atoms with Crippen LogP contribution in [0, 0.1) is 23.6 Å². The van der Waals surface area contributed by atoms with Crippen molar-refractivity contribution in [2.75, 3.05) is 37.3 Å². The van der Waals surface area contributed by atoms with E-state index in [1.807, 2.05) is 13.1 Å². The van der Waals surface area contributed by atoms with Gasteiger partial charge in [-0.15, -0.1) is 0 Å². The molecule has 0 spiro atoms. The third-order valence-electron chi connectivity index (χ3n) is 6.61. The number of piperidine rings is 1. The topological polar surface area (TPSA) is 133 Å². The van der Waals surface area contributed by atoms with Crippen molar-refractivity contribution in [3.05, 3.63) is 53.5 Å². The molecule has 2 aromatic heterocycles. The third kappa shape index (κ3) is 5.07. The summed E-state index contributed by atoms with van der Waals surface area (Å²) in [5, 5.41) is 18.6. The van der Waals surface area contributed by atoms with Crippen LogP contribution in [0.2, 0.25) is 0 Å². The lowest BCUT2D eigenvalue weighted by molar-refractivity contribution is 0.460. The summed E-state index contributed by atoms with van der Waals surface area (Å²) in [6, 6.07) is 5.12. The minimum Gasteiger partial charge on any atom is -0.383 e. The number of benzene rings is 1. The van der Waals surface area contributed by atoms with Crippen molar-refractivity contribution in [1.29, 1.82) is 10.8 Å². The Hall–Kier alpha value is -3.66. The number of likely N-dealkylation sites (N-methyl/N-ethyl adjacent to an activating group) is 1. The van der Waals surface area contributed by atoms with Crippen LogP contribution in [0.1, 0.15) is 41.6 Å². The number of nitrogens with one attached hydrogen (secondary N) is 3. The molecule has 4 rings (SSSR count). The first-order valence-corrected chi connectivity index (χ1v) is 11.8. The Bertz CT molecular complexity index is 1190. The predicted molar refractivity (Wildman–Crippen MR) is 137 cm³/mol. The van der Waals surface area contributed by atoms with E-state index < -0.39 is 5.92 Å². The molecule has 9 nitrogen and oxygen atoms in total. The Morgan fingerprint density at radius 2 is 1.97 bits per heavy atom. The molecular formula is C25H32FN9. The number of nitrogen functional groups attached to an aromatic ring is 1. The smallest absolute Gasteiger partial charge is 0.138 e. The molecule has 1 saturated heterocycles. The molecule has 0 unspecified atom stereocenters. The normalized spacial score (nSPS) is 15.2. The largest absolute Gasteiger partial charge is 0.383 e. The number of imidazole rings is 1. The highest BCUT2D eigenvalue weighted by atomic mass is 19.1. The molecule has 1 fully saturated rings. The van der Waals surface area contributed by atoms with Crippen LogP contribution in [0.5, 0.6) is 0 Å². The molecule has 3 heterocycles. The van der Waals surface area contributed by atoms with Gasteiger partial charge in [0.15, 0.2) is 0 Å². The average molecular weight is 478 g/mol. The van der Waals surface area contributed by atoms with Crippen molar-refractivity contribution in [3.63, 3.8) is 0 Å². The molecule has 0 bridgehead atoms. The van der Waals surface area contributed by atoms with Gasteiger partial charge in [-0.05, 0) is 50.6 Å². The molecular weight excluding hydrogens is 445 g/mol. The standard InChI is InChI=1S/C25H32FN9/c1-16-11-18(3-4-20(16)26)21-14-35(10-7-30-2)24(33-21)17-5-8-34(9-6-17)25-22(19(12-27)13-28)23(29)31-15-32-25/h3-4,11-15,17,19,27-28,30H,5-10H2,1-2H3,(H2,29,31,32). The summed E-state index contributed by atoms with van der Waals surface area (Å²) >= 11 is 0. The number of anilines is 2. The second kappa shape index (κ2) is 10.7. The molecule has 0 atom stereocenters. The van der Waals surface area contributed by atoms with E-state index in [4.69, 9.17) is 21.5 Å². The summed E-state index contributed by atoms with van der Waals surface area (Å²) in [7, 11) is 1.93. The number of aryl methyl sites for hydroxylation is 1. The number of nitrogens with two attached hydrogens (primary N) is 1. The number of hydrogen-bond acceptors (Lipinski definition) is 8. The van der Waals surface area contributed by atoms with E-state index in [2.05, 4.69) is 30.9 Å². The fourth-order valence-electron chi connectivity index (χ4n) is 4.65. The monoisotopic (exact) mass is 477 g/mol. The van der Waals surface area contributed by atoms with Gasteiger partial charge in [-0.2, -0.15) is 0 Å². The molecule has 1 aliphatic rings. The van der Waals surface area contributed by atoms with Gasteiger partial charge in [0.2, 0.25) is 0 Å². The van der Waals surface area contributed by atoms with E-state index in [1.165, 1.54) is 24.8 Å². The molecule has 5 N–H and O–H groups in total. The number of hydrogen-bond donors (Lipinski definition) is 4. The first-order chi connectivity index (χ1) is 17.0. The van der Waals surface area contributed by atoms with Crippen LogP contribution in [0.3, 0.4) is 0 Å². The predicted octanol–water partition coefficient (Wildman–Crippen LogP) is 3.36. The Morgan fingerprint density at radius 3 is 2.63 bits per heavy atom. The lowest BCUT2D eigenvalue weighted by Gasteiger charge is -2.34. The van der Waals surface area contributed by atoms with Gasteiger partial charge in [-0.1, -0.05) is 0 Å². The Labute approximate surface area is 204 Å². The number of aromatic nitrogens is 4. The summed E-state index contributed by atoms with van der Waals surface area (Å²) in [4.78, 5) is 15.7. The molecule has 35 heavy (non-hydrogen) atoms. The van der Waals surface area contributed by atoms with Gasteiger partial charge >= 0.3 is 0 Å². The Kier molecular flexibility index (Phi) is 7.50. The number of halogens is 1. The van der Waals surface area contributed by atoms with Crippen molar-refractivity contribution in [2.24, 2.45) is 0 Å². The number of nitrogens with zero attached hydrogens (tertiary/aromatic N) is 5. The van der Waals surface area contributed by atoms with E-state index in [1.54, 1.807) is 13.0 Å². The highest BCUT2D eigenvalue weighted by Crippen LogP contribution is 2.35. The van der Waals surface area contributed by atoms with Crippen molar-refractivity contribution in [2.45, 2.75) is 38.1 Å². The van der Waals surface area contributed by atoms with E-state index in [0.29, 0.717) is 22.8 Å². The summed E-state index contributed by atoms with van der Waals surface area (Å²) in [5.41, 5.74) is 9.10. The molecule has 1 aliphatic heterocycles. The van der Waals surface area contributed by atoms with Gasteiger partial charge in [-0.3, -0.25) is 0 Å². The highest BCUT2D eigenvalue weighted by Gasteiger charge is 2.28. The first-order valence-electron chi connectivity index (χ1n) is 11.8. The summed E-state index contributed by atoms with van der Waals surface area (Å²) in [5.74, 6) is 1.53. The fourth-order valence-corrected chi connectivity index (χ4v) is 4.65. The molecule has 0 aliphatic carbocycles. The Morgan fingerprint density at radius 1 is 1.23 bits per heavy atom. The number of rotatable bonds is 9. The highest BCUT2D eigenvalue weighted by molar-refractivity contribution is 5.91.